The van der Waals surface area contributed by atoms with E-state index < -0.39 is 10.8 Å². The first-order chi connectivity index (χ1) is 13.5. The summed E-state index contributed by atoms with van der Waals surface area (Å²) in [5.74, 6) is -0.0313. The molecule has 0 aliphatic heterocycles. The van der Waals surface area contributed by atoms with Gasteiger partial charge in [-0.05, 0) is 36.8 Å². The molecule has 0 spiro atoms. The number of hydrogen-bond acceptors (Lipinski definition) is 8. The number of non-ortho nitro benzene ring substituents is 1. The van der Waals surface area contributed by atoms with E-state index in [1.165, 1.54) is 43.7 Å². The highest BCUT2D eigenvalue weighted by Gasteiger charge is 2.07. The number of benzene rings is 2. The van der Waals surface area contributed by atoms with Crippen molar-refractivity contribution < 1.29 is 9.72 Å². The number of nitro benzene ring substituents is 1. The van der Waals surface area contributed by atoms with Gasteiger partial charge in [-0.25, -0.2) is 15.4 Å². The van der Waals surface area contributed by atoms with Crippen molar-refractivity contribution in [1.29, 1.82) is 0 Å². The summed E-state index contributed by atoms with van der Waals surface area (Å²) in [6, 6.07) is 13.2. The van der Waals surface area contributed by atoms with E-state index >= 15 is 0 Å². The molecule has 3 aromatic rings. The maximum atomic E-state index is 12.0. The second-order valence-electron chi connectivity index (χ2n) is 5.60. The molecule has 2 aromatic carbocycles. The third-order valence-corrected chi connectivity index (χ3v) is 3.68. The summed E-state index contributed by atoms with van der Waals surface area (Å²) in [4.78, 5) is 30.4. The fourth-order valence-corrected chi connectivity index (χ4v) is 2.21. The van der Waals surface area contributed by atoms with Crippen LogP contribution in [0.3, 0.4) is 0 Å². The molecule has 0 atom stereocenters. The molecule has 1 aromatic heterocycles. The minimum Gasteiger partial charge on any atom is -0.266 e. The lowest BCUT2D eigenvalue weighted by Gasteiger charge is -2.04. The van der Waals surface area contributed by atoms with Crippen molar-refractivity contribution in [3.8, 4) is 0 Å². The minimum atomic E-state index is -0.510. The summed E-state index contributed by atoms with van der Waals surface area (Å²) in [6.45, 7) is 1.52. The summed E-state index contributed by atoms with van der Waals surface area (Å²) in [7, 11) is 0. The van der Waals surface area contributed by atoms with Crippen LogP contribution in [0.15, 0.2) is 65.1 Å². The Bertz CT molecular complexity index is 1070. The van der Waals surface area contributed by atoms with Gasteiger partial charge in [0.15, 0.2) is 5.82 Å². The SMILES string of the molecule is C/C(=N/Nc1ncnc2ccccc12)C(=O)N/N=C\c1ccc([N+](=O)[O-])cc1. The maximum absolute atomic E-state index is 12.0. The van der Waals surface area contributed by atoms with Crippen LogP contribution in [0.2, 0.25) is 0 Å². The number of hydrazone groups is 2. The fourth-order valence-electron chi connectivity index (χ4n) is 2.21. The van der Waals surface area contributed by atoms with E-state index in [0.717, 1.165) is 10.9 Å². The number of fused-ring (bicyclic) bond motifs is 1. The van der Waals surface area contributed by atoms with Crippen molar-refractivity contribution in [3.63, 3.8) is 0 Å². The smallest absolute Gasteiger partial charge is 0.266 e. The number of nitrogens with one attached hydrogen (secondary N) is 2. The Labute approximate surface area is 159 Å². The van der Waals surface area contributed by atoms with E-state index in [-0.39, 0.29) is 11.4 Å². The topological polar surface area (TPSA) is 135 Å². The highest BCUT2D eigenvalue weighted by molar-refractivity contribution is 6.38. The summed E-state index contributed by atoms with van der Waals surface area (Å²) in [5.41, 5.74) is 6.57. The van der Waals surface area contributed by atoms with Crippen molar-refractivity contribution in [2.45, 2.75) is 6.92 Å². The lowest BCUT2D eigenvalue weighted by Crippen LogP contribution is -2.25. The van der Waals surface area contributed by atoms with Crippen LogP contribution in [0.5, 0.6) is 0 Å². The molecule has 0 unspecified atom stereocenters. The molecule has 0 bridgehead atoms. The van der Waals surface area contributed by atoms with Gasteiger partial charge in [-0.3, -0.25) is 20.3 Å². The Kier molecular flexibility index (Phi) is 5.60. The predicted octanol–water partition coefficient (Wildman–Crippen LogP) is 2.48. The molecule has 0 fully saturated rings. The zero-order chi connectivity index (χ0) is 19.9. The number of carbonyl (C=O) groups excluding carboxylic acids is 1. The van der Waals surface area contributed by atoms with Crippen molar-refractivity contribution in [3.05, 3.63) is 70.5 Å². The zero-order valence-corrected chi connectivity index (χ0v) is 14.7. The van der Waals surface area contributed by atoms with E-state index in [0.29, 0.717) is 11.4 Å². The molecule has 140 valence electrons. The Balaban J connectivity index is 1.61. The monoisotopic (exact) mass is 377 g/mol. The molecule has 1 amide bonds. The van der Waals surface area contributed by atoms with Crippen LogP contribution in [0, 0.1) is 10.1 Å². The van der Waals surface area contributed by atoms with Gasteiger partial charge in [-0.1, -0.05) is 12.1 Å². The Morgan fingerprint density at radius 1 is 1.14 bits per heavy atom. The van der Waals surface area contributed by atoms with Gasteiger partial charge in [-0.2, -0.15) is 10.2 Å². The van der Waals surface area contributed by atoms with E-state index in [1.807, 2.05) is 24.3 Å². The van der Waals surface area contributed by atoms with Crippen molar-refractivity contribution >= 4 is 40.2 Å². The maximum Gasteiger partial charge on any atom is 0.287 e. The number of nitro groups is 1. The highest BCUT2D eigenvalue weighted by atomic mass is 16.6. The summed E-state index contributed by atoms with van der Waals surface area (Å²) in [5, 5.41) is 19.2. The Morgan fingerprint density at radius 3 is 2.64 bits per heavy atom. The van der Waals surface area contributed by atoms with Gasteiger partial charge in [0.2, 0.25) is 0 Å². The van der Waals surface area contributed by atoms with Crippen LogP contribution in [0.4, 0.5) is 11.5 Å². The number of nitrogens with zero attached hydrogens (tertiary/aromatic N) is 5. The van der Waals surface area contributed by atoms with E-state index in [4.69, 9.17) is 0 Å². The van der Waals surface area contributed by atoms with Crippen LogP contribution in [-0.2, 0) is 4.79 Å². The third-order valence-electron chi connectivity index (χ3n) is 3.68. The van der Waals surface area contributed by atoms with Gasteiger partial charge in [0, 0.05) is 17.5 Å². The number of rotatable bonds is 6. The van der Waals surface area contributed by atoms with Crippen molar-refractivity contribution in [2.75, 3.05) is 5.43 Å². The minimum absolute atomic E-state index is 0.0208. The molecule has 1 heterocycles. The number of carbonyl (C=O) groups is 1. The number of amides is 1. The molecule has 28 heavy (non-hydrogen) atoms. The van der Waals surface area contributed by atoms with E-state index in [2.05, 4.69) is 31.0 Å². The summed E-state index contributed by atoms with van der Waals surface area (Å²) >= 11 is 0. The molecule has 10 heteroatoms. The number of aromatic nitrogens is 2. The van der Waals surface area contributed by atoms with Gasteiger partial charge < -0.3 is 0 Å². The third kappa shape index (κ3) is 4.49. The number of hydrogen-bond donors (Lipinski definition) is 2. The molecule has 2 N–H and O–H groups in total. The number of para-hydroxylation sites is 1. The molecular weight excluding hydrogens is 362 g/mol. The number of anilines is 1. The molecule has 0 saturated carbocycles. The lowest BCUT2D eigenvalue weighted by molar-refractivity contribution is -0.384. The van der Waals surface area contributed by atoms with E-state index in [9.17, 15) is 14.9 Å². The van der Waals surface area contributed by atoms with Gasteiger partial charge >= 0.3 is 0 Å². The quantitative estimate of drug-likeness (QED) is 0.385. The van der Waals surface area contributed by atoms with Crippen molar-refractivity contribution in [2.24, 2.45) is 10.2 Å². The average Bonchev–Trinajstić information content (AvgIpc) is 2.72. The molecule has 10 nitrogen and oxygen atoms in total. The van der Waals surface area contributed by atoms with Crippen LogP contribution >= 0.6 is 0 Å². The zero-order valence-electron chi connectivity index (χ0n) is 14.7. The average molecular weight is 377 g/mol. The predicted molar refractivity (Wildman–Crippen MR) is 105 cm³/mol. The molecular formula is C18H15N7O3. The van der Waals surface area contributed by atoms with Crippen LogP contribution in [-0.4, -0.2) is 32.7 Å². The molecule has 0 aliphatic carbocycles. The van der Waals surface area contributed by atoms with Crippen LogP contribution < -0.4 is 10.9 Å². The first kappa shape index (κ1) is 18.6. The van der Waals surface area contributed by atoms with Crippen molar-refractivity contribution in [1.82, 2.24) is 15.4 Å². The Morgan fingerprint density at radius 2 is 1.89 bits per heavy atom. The summed E-state index contributed by atoms with van der Waals surface area (Å²) < 4.78 is 0. The fraction of sp³-hybridized carbons (Fsp3) is 0.0556. The molecule has 0 radical (unpaired) electrons. The lowest BCUT2D eigenvalue weighted by atomic mass is 10.2. The van der Waals surface area contributed by atoms with Gasteiger partial charge in [0.1, 0.15) is 12.0 Å². The first-order valence-corrected chi connectivity index (χ1v) is 8.12. The second kappa shape index (κ2) is 8.45. The van der Waals surface area contributed by atoms with Crippen LogP contribution in [0.1, 0.15) is 12.5 Å². The first-order valence-electron chi connectivity index (χ1n) is 8.12. The van der Waals surface area contributed by atoms with E-state index in [1.54, 1.807) is 0 Å². The van der Waals surface area contributed by atoms with Gasteiger partial charge in [0.05, 0.1) is 16.7 Å². The van der Waals surface area contributed by atoms with Crippen LogP contribution in [0.25, 0.3) is 10.9 Å². The normalized spacial score (nSPS) is 11.5. The molecule has 0 saturated heterocycles. The molecule has 3 rings (SSSR count). The highest BCUT2D eigenvalue weighted by Crippen LogP contribution is 2.18. The van der Waals surface area contributed by atoms with Gasteiger partial charge in [-0.15, -0.1) is 0 Å². The Hall–Kier alpha value is -4.21. The largest absolute Gasteiger partial charge is 0.287 e. The van der Waals surface area contributed by atoms with Gasteiger partial charge in [0.25, 0.3) is 11.6 Å². The second-order valence-corrected chi connectivity index (χ2v) is 5.60. The summed E-state index contributed by atoms with van der Waals surface area (Å²) in [6.07, 6.45) is 2.78. The standard InChI is InChI=1S/C18H15N7O3/c1-12(22-23-17-15-4-2-3-5-16(15)19-11-20-17)18(26)24-21-10-13-6-8-14(9-7-13)25(27)28/h2-11H,1H3,(H,24,26)(H,19,20,23)/b21-10-,22-12-. The molecule has 0 aliphatic rings.